The summed E-state index contributed by atoms with van der Waals surface area (Å²) in [6.07, 6.45) is 3.22. The zero-order chi connectivity index (χ0) is 28.8. The molecular weight excluding hydrogens is 500 g/mol. The van der Waals surface area contributed by atoms with E-state index in [2.05, 4.69) is 30.9 Å². The van der Waals surface area contributed by atoms with Crippen molar-refractivity contribution in [1.29, 1.82) is 0 Å². The normalized spacial score (nSPS) is 14.7. The number of nitrogens with zero attached hydrogens (tertiary/aromatic N) is 2. The van der Waals surface area contributed by atoms with Crippen molar-refractivity contribution in [1.82, 2.24) is 25.9 Å². The Balaban J connectivity index is 2.94. The summed E-state index contributed by atoms with van der Waals surface area (Å²) in [5, 5.41) is 16.9. The Hall–Kier alpha value is -4.21. The smallest absolute Gasteiger partial charge is 0.326 e. The number of aliphatic imine (C=N–C) groups is 1. The lowest BCUT2D eigenvalue weighted by Gasteiger charge is -2.27. The molecule has 0 spiro atoms. The molecule has 0 bridgehead atoms. The molecule has 5 unspecified atom stereocenters. The van der Waals surface area contributed by atoms with E-state index in [4.69, 9.17) is 22.9 Å². The molecule has 13 N–H and O–H groups in total. The summed E-state index contributed by atoms with van der Waals surface area (Å²) in [4.78, 5) is 72.3. The lowest BCUT2D eigenvalue weighted by Crippen LogP contribution is -2.59. The van der Waals surface area contributed by atoms with Crippen LogP contribution < -0.4 is 38.9 Å². The maximum absolute atomic E-state index is 13.1. The Kier molecular flexibility index (Phi) is 13.2. The first kappa shape index (κ1) is 31.8. The molecular formula is C22H38N10O6. The minimum atomic E-state index is -1.41. The first-order chi connectivity index (χ1) is 17.8. The predicted molar refractivity (Wildman–Crippen MR) is 137 cm³/mol. The van der Waals surface area contributed by atoms with Crippen LogP contribution in [0.3, 0.4) is 0 Å². The number of carbonyl (C=O) groups is 5. The third kappa shape index (κ3) is 11.2. The Bertz CT molecular complexity index is 979. The SMILES string of the molecule is CCC(C)C(NC(=O)C(CC(N)=O)NC(=O)C(N)CCCN=C(N)N)C(=O)NC(Cc1cnc[nH]1)C(=O)O. The summed E-state index contributed by atoms with van der Waals surface area (Å²) in [6, 6.07) is -4.91. The van der Waals surface area contributed by atoms with E-state index in [1.165, 1.54) is 12.5 Å². The number of carboxylic acid groups (broad SMARTS) is 1. The molecule has 0 fully saturated rings. The number of nitrogens with one attached hydrogen (secondary N) is 4. The predicted octanol–water partition coefficient (Wildman–Crippen LogP) is -3.21. The van der Waals surface area contributed by atoms with Gasteiger partial charge in [0.05, 0.1) is 18.8 Å². The number of primary amides is 1. The zero-order valence-electron chi connectivity index (χ0n) is 21.5. The Morgan fingerprint density at radius 1 is 1.05 bits per heavy atom. The fourth-order valence-corrected chi connectivity index (χ4v) is 3.37. The van der Waals surface area contributed by atoms with Crippen LogP contribution in [0, 0.1) is 5.92 Å². The van der Waals surface area contributed by atoms with Gasteiger partial charge in [-0.15, -0.1) is 0 Å². The largest absolute Gasteiger partial charge is 0.480 e. The number of hydrogen-bond donors (Lipinski definition) is 9. The average Bonchev–Trinajstić information content (AvgIpc) is 3.36. The molecule has 212 valence electrons. The third-order valence-electron chi connectivity index (χ3n) is 5.73. The van der Waals surface area contributed by atoms with Gasteiger partial charge in [0.1, 0.15) is 18.1 Å². The standard InChI is InChI=1S/C22H38N10O6/c1-3-11(2)17(20(36)31-15(21(37)38)7-12-9-27-10-29-12)32-19(35)14(8-16(24)33)30-18(34)13(23)5-4-6-28-22(25)26/h9-11,13-15,17H,3-8,23H2,1-2H3,(H2,24,33)(H,27,29)(H,30,34)(H,31,36)(H,32,35)(H,37,38)(H4,25,26,28). The monoisotopic (exact) mass is 538 g/mol. The lowest BCUT2D eigenvalue weighted by atomic mass is 9.97. The molecule has 0 saturated heterocycles. The first-order valence-corrected chi connectivity index (χ1v) is 12.1. The van der Waals surface area contributed by atoms with Gasteiger partial charge < -0.3 is 49.0 Å². The lowest BCUT2D eigenvalue weighted by molar-refractivity contribution is -0.142. The number of aromatic amines is 1. The molecule has 5 atom stereocenters. The Morgan fingerprint density at radius 3 is 2.24 bits per heavy atom. The number of guanidine groups is 1. The number of H-pyrrole nitrogens is 1. The molecule has 0 aliphatic heterocycles. The molecule has 1 aromatic heterocycles. The molecule has 0 saturated carbocycles. The molecule has 1 heterocycles. The molecule has 38 heavy (non-hydrogen) atoms. The minimum Gasteiger partial charge on any atom is -0.480 e. The van der Waals surface area contributed by atoms with Crippen molar-refractivity contribution < 1.29 is 29.1 Å². The van der Waals surface area contributed by atoms with E-state index in [0.29, 0.717) is 18.5 Å². The number of nitrogens with two attached hydrogens (primary N) is 4. The average molecular weight is 539 g/mol. The van der Waals surface area contributed by atoms with E-state index in [1.807, 2.05) is 0 Å². The molecule has 4 amide bonds. The van der Waals surface area contributed by atoms with Crippen LogP contribution in [0.15, 0.2) is 17.5 Å². The van der Waals surface area contributed by atoms with Crippen LogP contribution in [0.25, 0.3) is 0 Å². The number of carbonyl (C=O) groups excluding carboxylic acids is 4. The second-order valence-electron chi connectivity index (χ2n) is 8.84. The van der Waals surface area contributed by atoms with Crippen LogP contribution in [-0.4, -0.2) is 81.3 Å². The van der Waals surface area contributed by atoms with E-state index in [9.17, 15) is 29.1 Å². The fraction of sp³-hybridized carbons (Fsp3) is 0.591. The highest BCUT2D eigenvalue weighted by molar-refractivity contribution is 5.96. The van der Waals surface area contributed by atoms with Crippen molar-refractivity contribution in [3.63, 3.8) is 0 Å². The molecule has 0 aliphatic rings. The number of aromatic nitrogens is 2. The van der Waals surface area contributed by atoms with Gasteiger partial charge >= 0.3 is 5.97 Å². The number of aliphatic carboxylic acids is 1. The van der Waals surface area contributed by atoms with E-state index in [0.717, 1.165) is 0 Å². The van der Waals surface area contributed by atoms with Crippen LogP contribution in [-0.2, 0) is 30.4 Å². The maximum Gasteiger partial charge on any atom is 0.326 e. The van der Waals surface area contributed by atoms with Crippen molar-refractivity contribution in [2.24, 2.45) is 33.8 Å². The van der Waals surface area contributed by atoms with Crippen molar-refractivity contribution >= 4 is 35.6 Å². The summed E-state index contributed by atoms with van der Waals surface area (Å²) < 4.78 is 0. The fourth-order valence-electron chi connectivity index (χ4n) is 3.37. The summed E-state index contributed by atoms with van der Waals surface area (Å²) in [7, 11) is 0. The van der Waals surface area contributed by atoms with Crippen LogP contribution in [0.4, 0.5) is 0 Å². The third-order valence-corrected chi connectivity index (χ3v) is 5.73. The second-order valence-corrected chi connectivity index (χ2v) is 8.84. The van der Waals surface area contributed by atoms with Gasteiger partial charge in [-0.2, -0.15) is 0 Å². The van der Waals surface area contributed by atoms with Crippen molar-refractivity contribution in [2.75, 3.05) is 6.54 Å². The van der Waals surface area contributed by atoms with Gasteiger partial charge in [0.25, 0.3) is 0 Å². The topological polar surface area (TPSA) is 287 Å². The molecule has 0 aliphatic carbocycles. The van der Waals surface area contributed by atoms with E-state index in [-0.39, 0.29) is 25.3 Å². The molecule has 1 aromatic rings. The molecule has 0 aromatic carbocycles. The Morgan fingerprint density at radius 2 is 1.71 bits per heavy atom. The second kappa shape index (κ2) is 15.8. The Labute approximate surface area is 219 Å². The summed E-state index contributed by atoms with van der Waals surface area (Å²) in [5.41, 5.74) is 22.1. The minimum absolute atomic E-state index is 0.0658. The van der Waals surface area contributed by atoms with Crippen molar-refractivity contribution in [3.05, 3.63) is 18.2 Å². The number of amides is 4. The van der Waals surface area contributed by atoms with Gasteiger partial charge in [-0.05, 0) is 18.8 Å². The van der Waals surface area contributed by atoms with Crippen molar-refractivity contribution in [3.8, 4) is 0 Å². The summed E-state index contributed by atoms with van der Waals surface area (Å²) in [6.45, 7) is 3.71. The molecule has 0 radical (unpaired) electrons. The number of imidazole rings is 1. The van der Waals surface area contributed by atoms with Crippen LogP contribution >= 0.6 is 0 Å². The quantitative estimate of drug-likeness (QED) is 0.0543. The number of hydrogen-bond acceptors (Lipinski definition) is 8. The van der Waals surface area contributed by atoms with Gasteiger partial charge in [-0.25, -0.2) is 9.78 Å². The van der Waals surface area contributed by atoms with Gasteiger partial charge in [-0.1, -0.05) is 20.3 Å². The highest BCUT2D eigenvalue weighted by atomic mass is 16.4. The summed E-state index contributed by atoms with van der Waals surface area (Å²) >= 11 is 0. The van der Waals surface area contributed by atoms with E-state index in [1.54, 1.807) is 13.8 Å². The van der Waals surface area contributed by atoms with E-state index >= 15 is 0 Å². The van der Waals surface area contributed by atoms with Gasteiger partial charge in [-0.3, -0.25) is 24.2 Å². The van der Waals surface area contributed by atoms with Crippen LogP contribution in [0.5, 0.6) is 0 Å². The zero-order valence-corrected chi connectivity index (χ0v) is 21.5. The number of carboxylic acids is 1. The van der Waals surface area contributed by atoms with Gasteiger partial charge in [0, 0.05) is 24.9 Å². The van der Waals surface area contributed by atoms with E-state index < -0.39 is 66.1 Å². The maximum atomic E-state index is 13.1. The van der Waals surface area contributed by atoms with Crippen LogP contribution in [0.2, 0.25) is 0 Å². The number of rotatable bonds is 17. The summed E-state index contributed by atoms with van der Waals surface area (Å²) in [5.74, 6) is -5.01. The highest BCUT2D eigenvalue weighted by Gasteiger charge is 2.33. The first-order valence-electron chi connectivity index (χ1n) is 12.1. The van der Waals surface area contributed by atoms with Crippen molar-refractivity contribution in [2.45, 2.75) is 70.1 Å². The molecule has 16 nitrogen and oxygen atoms in total. The molecule has 16 heteroatoms. The molecule has 1 rings (SSSR count). The van der Waals surface area contributed by atoms with Gasteiger partial charge in [0.2, 0.25) is 23.6 Å². The van der Waals surface area contributed by atoms with Gasteiger partial charge in [0.15, 0.2) is 5.96 Å². The van der Waals surface area contributed by atoms with Crippen LogP contribution in [0.1, 0.15) is 45.2 Å². The highest BCUT2D eigenvalue weighted by Crippen LogP contribution is 2.10.